The summed E-state index contributed by atoms with van der Waals surface area (Å²) in [4.78, 5) is 28.4. The van der Waals surface area contributed by atoms with Crippen LogP contribution in [0.25, 0.3) is 11.3 Å². The lowest BCUT2D eigenvalue weighted by atomic mass is 10.1. The van der Waals surface area contributed by atoms with Crippen LogP contribution in [0, 0.1) is 5.82 Å². The summed E-state index contributed by atoms with van der Waals surface area (Å²) in [6.45, 7) is 0.321. The Labute approximate surface area is 166 Å². The minimum Gasteiger partial charge on any atom is -0.497 e. The van der Waals surface area contributed by atoms with E-state index in [-0.39, 0.29) is 37.0 Å². The predicted molar refractivity (Wildman–Crippen MR) is 105 cm³/mol. The first kappa shape index (κ1) is 20.1. The van der Waals surface area contributed by atoms with Gasteiger partial charge in [-0.25, -0.2) is 9.37 Å². The fourth-order valence-electron chi connectivity index (χ4n) is 2.56. The standard InChI is InChI=1S/C21H20FN3O4/c1-28-17-6-2-15(3-7-17)19-12-21(27)25(14-24-19)11-10-23-20(26)13-29-18-8-4-16(22)5-9-18/h2-9,12,14H,10-11,13H2,1H3,(H,23,26). The average Bonchev–Trinajstić information content (AvgIpc) is 2.74. The Morgan fingerprint density at radius 3 is 2.45 bits per heavy atom. The van der Waals surface area contributed by atoms with E-state index in [1.807, 2.05) is 12.1 Å². The number of hydrogen-bond acceptors (Lipinski definition) is 5. The minimum absolute atomic E-state index is 0.199. The van der Waals surface area contributed by atoms with Crippen molar-refractivity contribution in [1.29, 1.82) is 0 Å². The monoisotopic (exact) mass is 397 g/mol. The molecule has 1 N–H and O–H groups in total. The van der Waals surface area contributed by atoms with Crippen molar-refractivity contribution >= 4 is 5.91 Å². The smallest absolute Gasteiger partial charge is 0.258 e. The highest BCUT2D eigenvalue weighted by Gasteiger charge is 2.06. The number of ether oxygens (including phenoxy) is 2. The molecule has 0 aliphatic rings. The molecule has 1 amide bonds. The van der Waals surface area contributed by atoms with Crippen molar-refractivity contribution in [2.24, 2.45) is 0 Å². The van der Waals surface area contributed by atoms with Crippen LogP contribution in [0.5, 0.6) is 11.5 Å². The summed E-state index contributed by atoms with van der Waals surface area (Å²) in [5.74, 6) is 0.404. The van der Waals surface area contributed by atoms with Crippen molar-refractivity contribution in [3.8, 4) is 22.8 Å². The van der Waals surface area contributed by atoms with Crippen LogP contribution in [-0.2, 0) is 11.3 Å². The van der Waals surface area contributed by atoms with Gasteiger partial charge in [0.2, 0.25) is 0 Å². The number of carbonyl (C=O) groups excluding carboxylic acids is 1. The van der Waals surface area contributed by atoms with Gasteiger partial charge in [0.15, 0.2) is 6.61 Å². The molecule has 29 heavy (non-hydrogen) atoms. The van der Waals surface area contributed by atoms with E-state index in [4.69, 9.17) is 9.47 Å². The van der Waals surface area contributed by atoms with Gasteiger partial charge in [-0.1, -0.05) is 0 Å². The molecule has 7 nitrogen and oxygen atoms in total. The molecule has 3 rings (SSSR count). The van der Waals surface area contributed by atoms with Gasteiger partial charge in [-0.3, -0.25) is 14.2 Å². The van der Waals surface area contributed by atoms with Crippen molar-refractivity contribution in [2.45, 2.75) is 6.54 Å². The maximum absolute atomic E-state index is 12.8. The zero-order valence-corrected chi connectivity index (χ0v) is 15.8. The number of benzene rings is 2. The Morgan fingerprint density at radius 2 is 1.79 bits per heavy atom. The zero-order valence-electron chi connectivity index (χ0n) is 15.8. The van der Waals surface area contributed by atoms with E-state index in [1.54, 1.807) is 19.2 Å². The van der Waals surface area contributed by atoms with Gasteiger partial charge >= 0.3 is 0 Å². The third kappa shape index (κ3) is 5.65. The quantitative estimate of drug-likeness (QED) is 0.631. The SMILES string of the molecule is COc1ccc(-c2cc(=O)n(CCNC(=O)COc3ccc(F)cc3)cn2)cc1. The van der Waals surface area contributed by atoms with Gasteiger partial charge in [0.1, 0.15) is 17.3 Å². The van der Waals surface area contributed by atoms with Gasteiger partial charge in [-0.05, 0) is 48.5 Å². The Balaban J connectivity index is 1.49. The highest BCUT2D eigenvalue weighted by Crippen LogP contribution is 2.19. The first-order valence-electron chi connectivity index (χ1n) is 8.91. The molecule has 1 aromatic heterocycles. The third-order valence-corrected chi connectivity index (χ3v) is 4.12. The van der Waals surface area contributed by atoms with Crippen molar-refractivity contribution in [3.05, 3.63) is 77.1 Å². The lowest BCUT2D eigenvalue weighted by molar-refractivity contribution is -0.123. The highest BCUT2D eigenvalue weighted by atomic mass is 19.1. The number of nitrogens with zero attached hydrogens (tertiary/aromatic N) is 2. The van der Waals surface area contributed by atoms with Crippen LogP contribution in [0.2, 0.25) is 0 Å². The maximum atomic E-state index is 12.8. The van der Waals surface area contributed by atoms with E-state index in [0.29, 0.717) is 11.4 Å². The fraction of sp³-hybridized carbons (Fsp3) is 0.190. The Bertz CT molecular complexity index is 1020. The second kappa shape index (κ2) is 9.50. The Hall–Kier alpha value is -3.68. The topological polar surface area (TPSA) is 82.5 Å². The van der Waals surface area contributed by atoms with Gasteiger partial charge in [-0.15, -0.1) is 0 Å². The number of rotatable bonds is 8. The summed E-state index contributed by atoms with van der Waals surface area (Å²) in [7, 11) is 1.59. The predicted octanol–water partition coefficient (Wildman–Crippen LogP) is 2.25. The molecule has 0 bridgehead atoms. The van der Waals surface area contributed by atoms with Gasteiger partial charge in [0.05, 0.1) is 19.1 Å². The summed E-state index contributed by atoms with van der Waals surface area (Å²) in [5.41, 5.74) is 1.15. The van der Waals surface area contributed by atoms with Crippen LogP contribution >= 0.6 is 0 Å². The largest absolute Gasteiger partial charge is 0.497 e. The summed E-state index contributed by atoms with van der Waals surface area (Å²) < 4.78 is 24.6. The minimum atomic E-state index is -0.376. The molecule has 0 aliphatic carbocycles. The van der Waals surface area contributed by atoms with Crippen molar-refractivity contribution in [1.82, 2.24) is 14.9 Å². The van der Waals surface area contributed by atoms with E-state index in [2.05, 4.69) is 10.3 Å². The maximum Gasteiger partial charge on any atom is 0.258 e. The second-order valence-corrected chi connectivity index (χ2v) is 6.13. The van der Waals surface area contributed by atoms with Gasteiger partial charge < -0.3 is 14.8 Å². The number of methoxy groups -OCH3 is 1. The van der Waals surface area contributed by atoms with Gasteiger partial charge in [0, 0.05) is 24.7 Å². The van der Waals surface area contributed by atoms with Crippen molar-refractivity contribution in [2.75, 3.05) is 20.3 Å². The van der Waals surface area contributed by atoms with E-state index in [0.717, 1.165) is 11.3 Å². The van der Waals surface area contributed by atoms with Crippen molar-refractivity contribution in [3.63, 3.8) is 0 Å². The summed E-state index contributed by atoms with van der Waals surface area (Å²) in [6, 6.07) is 14.1. The van der Waals surface area contributed by atoms with E-state index in [1.165, 1.54) is 41.2 Å². The molecule has 0 saturated carbocycles. The lowest BCUT2D eigenvalue weighted by Crippen LogP contribution is -2.33. The molecule has 1 heterocycles. The number of hydrogen-bond donors (Lipinski definition) is 1. The first-order chi connectivity index (χ1) is 14.0. The molecular weight excluding hydrogens is 377 g/mol. The first-order valence-corrected chi connectivity index (χ1v) is 8.91. The normalized spacial score (nSPS) is 10.4. The summed E-state index contributed by atoms with van der Waals surface area (Å²) in [5, 5.41) is 2.66. The van der Waals surface area contributed by atoms with Crippen molar-refractivity contribution < 1.29 is 18.7 Å². The number of halogens is 1. The van der Waals surface area contributed by atoms with Crippen LogP contribution in [0.4, 0.5) is 4.39 Å². The number of nitrogens with one attached hydrogen (secondary N) is 1. The van der Waals surface area contributed by atoms with Crippen LogP contribution in [0.3, 0.4) is 0 Å². The molecule has 0 unspecified atom stereocenters. The van der Waals surface area contributed by atoms with Crippen LogP contribution in [0.1, 0.15) is 0 Å². The van der Waals surface area contributed by atoms with E-state index in [9.17, 15) is 14.0 Å². The Kier molecular flexibility index (Phi) is 6.57. The molecule has 0 saturated heterocycles. The van der Waals surface area contributed by atoms with Gasteiger partial charge in [-0.2, -0.15) is 0 Å². The number of amides is 1. The van der Waals surface area contributed by atoms with Crippen LogP contribution in [-0.4, -0.2) is 35.7 Å². The Morgan fingerprint density at radius 1 is 1.10 bits per heavy atom. The highest BCUT2D eigenvalue weighted by molar-refractivity contribution is 5.77. The summed E-state index contributed by atoms with van der Waals surface area (Å²) >= 11 is 0. The number of aromatic nitrogens is 2. The molecule has 8 heteroatoms. The molecule has 2 aromatic carbocycles. The molecule has 3 aromatic rings. The fourth-order valence-corrected chi connectivity index (χ4v) is 2.56. The molecule has 0 radical (unpaired) electrons. The lowest BCUT2D eigenvalue weighted by Gasteiger charge is -2.09. The summed E-state index contributed by atoms with van der Waals surface area (Å²) in [6.07, 6.45) is 1.45. The molecule has 0 atom stereocenters. The van der Waals surface area contributed by atoms with E-state index >= 15 is 0 Å². The number of carbonyl (C=O) groups is 1. The molecular formula is C21H20FN3O4. The third-order valence-electron chi connectivity index (χ3n) is 4.12. The zero-order chi connectivity index (χ0) is 20.6. The molecule has 150 valence electrons. The van der Waals surface area contributed by atoms with Crippen LogP contribution < -0.4 is 20.3 Å². The van der Waals surface area contributed by atoms with E-state index < -0.39 is 0 Å². The molecule has 0 spiro atoms. The van der Waals surface area contributed by atoms with Crippen LogP contribution in [0.15, 0.2) is 65.7 Å². The molecule has 0 fully saturated rings. The second-order valence-electron chi connectivity index (χ2n) is 6.13. The molecule has 0 aliphatic heterocycles. The average molecular weight is 397 g/mol. The van der Waals surface area contributed by atoms with Gasteiger partial charge in [0.25, 0.3) is 11.5 Å².